The normalized spacial score (nSPS) is 12.1. The number of sulfone groups is 1. The van der Waals surface area contributed by atoms with Crippen LogP contribution in [0.5, 0.6) is 0 Å². The largest absolute Gasteiger partial charge is 0.417 e. The molecule has 12 heteroatoms. The van der Waals surface area contributed by atoms with Gasteiger partial charge in [-0.2, -0.15) is 13.2 Å². The van der Waals surface area contributed by atoms with Crippen LogP contribution in [0.2, 0.25) is 10.0 Å². The summed E-state index contributed by atoms with van der Waals surface area (Å²) in [6.07, 6.45) is -3.47. The predicted octanol–water partition coefficient (Wildman–Crippen LogP) is 4.24. The van der Waals surface area contributed by atoms with Crippen LogP contribution in [0.4, 0.5) is 18.9 Å². The van der Waals surface area contributed by atoms with Gasteiger partial charge in [0.15, 0.2) is 5.69 Å². The molecular weight excluding hydrogens is 430 g/mol. The molecule has 0 fully saturated rings. The highest BCUT2D eigenvalue weighted by atomic mass is 35.5. The second kappa shape index (κ2) is 7.99. The van der Waals surface area contributed by atoms with E-state index in [-0.39, 0.29) is 16.5 Å². The van der Waals surface area contributed by atoms with Crippen LogP contribution in [0.25, 0.3) is 0 Å². The maximum atomic E-state index is 12.9. The van der Waals surface area contributed by atoms with E-state index in [0.29, 0.717) is 12.5 Å². The number of halogens is 5. The molecule has 1 aromatic carbocycles. The molecule has 1 amide bonds. The van der Waals surface area contributed by atoms with Crippen LogP contribution in [0.15, 0.2) is 29.6 Å². The number of nitrogens with one attached hydrogen (secondary N) is 1. The third-order valence-corrected chi connectivity index (χ3v) is 5.52. The van der Waals surface area contributed by atoms with Gasteiger partial charge in [-0.25, -0.2) is 18.4 Å². The lowest BCUT2D eigenvalue weighted by atomic mass is 10.2. The molecule has 1 heterocycles. The molecular formula is C15H12Cl2F3N3O3S. The maximum Gasteiger partial charge on any atom is 0.417 e. The molecule has 0 saturated heterocycles. The number of hydrogen-bond acceptors (Lipinski definition) is 5. The van der Waals surface area contributed by atoms with E-state index in [0.717, 1.165) is 18.3 Å². The van der Waals surface area contributed by atoms with E-state index in [2.05, 4.69) is 15.3 Å². The molecule has 0 aliphatic rings. The van der Waals surface area contributed by atoms with Crippen LogP contribution in [0.1, 0.15) is 29.4 Å². The van der Waals surface area contributed by atoms with Crippen molar-refractivity contribution in [1.82, 2.24) is 9.97 Å². The zero-order valence-electron chi connectivity index (χ0n) is 13.6. The van der Waals surface area contributed by atoms with Crippen molar-refractivity contribution in [3.8, 4) is 0 Å². The number of benzene rings is 1. The molecule has 0 atom stereocenters. The van der Waals surface area contributed by atoms with Crippen LogP contribution < -0.4 is 5.32 Å². The molecule has 0 radical (unpaired) electrons. The average Bonchev–Trinajstić information content (AvgIpc) is 2.55. The summed E-state index contributed by atoms with van der Waals surface area (Å²) in [5.74, 6) is -1.23. The Labute approximate surface area is 162 Å². The Balaban J connectivity index is 2.37. The molecule has 27 heavy (non-hydrogen) atoms. The second-order valence-corrected chi connectivity index (χ2v) is 8.13. The third-order valence-electron chi connectivity index (χ3n) is 3.22. The minimum absolute atomic E-state index is 0.218. The molecule has 6 nitrogen and oxygen atoms in total. The van der Waals surface area contributed by atoms with Crippen LogP contribution in [0.3, 0.4) is 0 Å². The molecule has 2 aromatic rings. The molecule has 0 aliphatic heterocycles. The van der Waals surface area contributed by atoms with Gasteiger partial charge < -0.3 is 5.32 Å². The predicted molar refractivity (Wildman–Crippen MR) is 93.8 cm³/mol. The van der Waals surface area contributed by atoms with Gasteiger partial charge in [0.05, 0.1) is 27.6 Å². The van der Waals surface area contributed by atoms with Crippen LogP contribution >= 0.6 is 23.2 Å². The molecule has 1 N–H and O–H groups in total. The number of nitrogens with zero attached hydrogens (tertiary/aromatic N) is 2. The fourth-order valence-corrected chi connectivity index (χ4v) is 3.60. The monoisotopic (exact) mass is 441 g/mol. The fourth-order valence-electron chi connectivity index (χ4n) is 2.03. The molecule has 0 saturated carbocycles. The van der Waals surface area contributed by atoms with Crippen molar-refractivity contribution in [1.29, 1.82) is 0 Å². The van der Waals surface area contributed by atoms with Gasteiger partial charge in [0, 0.05) is 5.69 Å². The van der Waals surface area contributed by atoms with Gasteiger partial charge in [0.1, 0.15) is 0 Å². The van der Waals surface area contributed by atoms with Gasteiger partial charge >= 0.3 is 6.18 Å². The molecule has 146 valence electrons. The lowest BCUT2D eigenvalue weighted by molar-refractivity contribution is -0.137. The number of amides is 1. The van der Waals surface area contributed by atoms with Crippen LogP contribution in [-0.4, -0.2) is 30.0 Å². The van der Waals surface area contributed by atoms with Gasteiger partial charge in [0.25, 0.3) is 5.91 Å². The smallest absolute Gasteiger partial charge is 0.321 e. The van der Waals surface area contributed by atoms with Gasteiger partial charge in [-0.1, -0.05) is 30.1 Å². The standard InChI is InChI=1S/C15H12Cl2F3N3O3S/c1-2-5-27(25,26)14-21-7-11(17)12(23-14)13(24)22-8-3-4-10(16)9(6-8)15(18,19)20/h3-4,6-7H,2,5H2,1H3,(H,22,24). The van der Waals surface area contributed by atoms with Crippen molar-refractivity contribution in [2.24, 2.45) is 0 Å². The zero-order valence-corrected chi connectivity index (χ0v) is 16.0. The first-order chi connectivity index (χ1) is 12.5. The van der Waals surface area contributed by atoms with E-state index >= 15 is 0 Å². The Bertz CT molecular complexity index is 982. The van der Waals surface area contributed by atoms with E-state index in [4.69, 9.17) is 23.2 Å². The summed E-state index contributed by atoms with van der Waals surface area (Å²) >= 11 is 11.4. The van der Waals surface area contributed by atoms with Crippen molar-refractivity contribution in [3.05, 3.63) is 45.7 Å². The second-order valence-electron chi connectivity index (χ2n) is 5.31. The van der Waals surface area contributed by atoms with Crippen molar-refractivity contribution >= 4 is 44.6 Å². The maximum absolute atomic E-state index is 12.9. The summed E-state index contributed by atoms with van der Waals surface area (Å²) in [7, 11) is -3.81. The quantitative estimate of drug-likeness (QED) is 0.700. The molecule has 1 aromatic heterocycles. The third kappa shape index (κ3) is 5.08. The number of alkyl halides is 3. The highest BCUT2D eigenvalue weighted by Gasteiger charge is 2.33. The van der Waals surface area contributed by atoms with Gasteiger partial charge in [0.2, 0.25) is 15.0 Å². The van der Waals surface area contributed by atoms with Crippen molar-refractivity contribution < 1.29 is 26.4 Å². The SMILES string of the molecule is CCCS(=O)(=O)c1ncc(Cl)c(C(=O)Nc2ccc(Cl)c(C(F)(F)F)c2)n1. The number of aromatic nitrogens is 2. The number of carbonyl (C=O) groups excluding carboxylic acids is 1. The molecule has 0 unspecified atom stereocenters. The van der Waals surface area contributed by atoms with Crippen molar-refractivity contribution in [2.75, 3.05) is 11.1 Å². The first-order valence-corrected chi connectivity index (χ1v) is 9.80. The van der Waals surface area contributed by atoms with E-state index in [1.54, 1.807) is 6.92 Å². The molecule has 0 bridgehead atoms. The first-order valence-electron chi connectivity index (χ1n) is 7.39. The zero-order chi connectivity index (χ0) is 20.4. The summed E-state index contributed by atoms with van der Waals surface area (Å²) in [4.78, 5) is 19.6. The van der Waals surface area contributed by atoms with E-state index in [9.17, 15) is 26.4 Å². The van der Waals surface area contributed by atoms with Gasteiger partial charge in [-0.15, -0.1) is 0 Å². The average molecular weight is 442 g/mol. The first kappa shape index (κ1) is 21.4. The van der Waals surface area contributed by atoms with E-state index in [1.165, 1.54) is 0 Å². The number of carbonyl (C=O) groups is 1. The highest BCUT2D eigenvalue weighted by Crippen LogP contribution is 2.36. The minimum atomic E-state index is -4.72. The number of rotatable bonds is 5. The Morgan fingerprint density at radius 2 is 1.89 bits per heavy atom. The van der Waals surface area contributed by atoms with Crippen molar-refractivity contribution in [3.63, 3.8) is 0 Å². The Kier molecular flexibility index (Phi) is 6.33. The Morgan fingerprint density at radius 1 is 1.22 bits per heavy atom. The minimum Gasteiger partial charge on any atom is -0.321 e. The summed E-state index contributed by atoms with van der Waals surface area (Å²) in [6.45, 7) is 1.64. The Hall–Kier alpha value is -1.91. The summed E-state index contributed by atoms with van der Waals surface area (Å²) in [5, 5.41) is 0.800. The molecule has 0 aliphatic carbocycles. The topological polar surface area (TPSA) is 89.0 Å². The van der Waals surface area contributed by atoms with Crippen LogP contribution in [-0.2, 0) is 16.0 Å². The summed E-state index contributed by atoms with van der Waals surface area (Å²) in [5.41, 5.74) is -1.84. The Morgan fingerprint density at radius 3 is 2.48 bits per heavy atom. The lowest BCUT2D eigenvalue weighted by Crippen LogP contribution is -2.19. The summed E-state index contributed by atoms with van der Waals surface area (Å²) in [6, 6.07) is 2.77. The highest BCUT2D eigenvalue weighted by molar-refractivity contribution is 7.91. The van der Waals surface area contributed by atoms with Gasteiger partial charge in [-0.3, -0.25) is 4.79 Å². The van der Waals surface area contributed by atoms with Crippen LogP contribution in [0, 0.1) is 0 Å². The number of hydrogen-bond donors (Lipinski definition) is 1. The summed E-state index contributed by atoms with van der Waals surface area (Å²) < 4.78 is 62.8. The fraction of sp³-hybridized carbons (Fsp3) is 0.267. The molecule has 2 rings (SSSR count). The van der Waals surface area contributed by atoms with Gasteiger partial charge in [-0.05, 0) is 24.6 Å². The van der Waals surface area contributed by atoms with E-state index in [1.807, 2.05) is 0 Å². The lowest BCUT2D eigenvalue weighted by Gasteiger charge is -2.12. The molecule has 0 spiro atoms. The number of anilines is 1. The van der Waals surface area contributed by atoms with E-state index < -0.39 is 43.4 Å². The van der Waals surface area contributed by atoms with Crippen molar-refractivity contribution in [2.45, 2.75) is 24.7 Å².